The van der Waals surface area contributed by atoms with Crippen LogP contribution in [0.25, 0.3) is 16.9 Å². The molecule has 0 aliphatic heterocycles. The molecule has 0 bridgehead atoms. The van der Waals surface area contributed by atoms with Crippen LogP contribution < -0.4 is 5.46 Å². The van der Waals surface area contributed by atoms with E-state index in [0.717, 1.165) is 5.56 Å². The fourth-order valence-corrected chi connectivity index (χ4v) is 2.06. The Morgan fingerprint density at radius 1 is 0.909 bits per heavy atom. The van der Waals surface area contributed by atoms with Crippen LogP contribution in [-0.4, -0.2) is 42.4 Å². The second-order valence-corrected chi connectivity index (χ2v) is 4.75. The molecule has 0 unspecified atom stereocenters. The minimum Gasteiger partial charge on any atom is -0.508 e. The second-order valence-electron chi connectivity index (χ2n) is 4.75. The summed E-state index contributed by atoms with van der Waals surface area (Å²) in [4.78, 5) is 0. The number of phenolic OH excluding ortho intramolecular Hbond substituents is 2. The van der Waals surface area contributed by atoms with Crippen LogP contribution in [0.15, 0.2) is 48.7 Å². The van der Waals surface area contributed by atoms with Crippen molar-refractivity contribution in [2.24, 2.45) is 0 Å². The average molecular weight is 297 g/mol. The van der Waals surface area contributed by atoms with E-state index in [4.69, 9.17) is 10.0 Å². The van der Waals surface area contributed by atoms with Gasteiger partial charge >= 0.3 is 7.12 Å². The van der Waals surface area contributed by atoms with Crippen molar-refractivity contribution in [3.05, 3.63) is 48.7 Å². The van der Waals surface area contributed by atoms with Crippen molar-refractivity contribution in [1.29, 1.82) is 0 Å². The maximum absolute atomic E-state index is 9.49. The van der Waals surface area contributed by atoms with E-state index in [-0.39, 0.29) is 11.5 Å². The summed E-state index contributed by atoms with van der Waals surface area (Å²) < 4.78 is 1.42. The van der Waals surface area contributed by atoms with Crippen molar-refractivity contribution in [1.82, 2.24) is 15.0 Å². The maximum atomic E-state index is 9.49. The Balaban J connectivity index is 1.93. The molecule has 4 N–H and O–H groups in total. The zero-order valence-electron chi connectivity index (χ0n) is 11.3. The number of phenols is 2. The Morgan fingerprint density at radius 3 is 2.14 bits per heavy atom. The van der Waals surface area contributed by atoms with Crippen LogP contribution in [0.2, 0.25) is 0 Å². The number of nitrogens with zero attached hydrogens (tertiary/aromatic N) is 3. The van der Waals surface area contributed by atoms with Gasteiger partial charge in [0.25, 0.3) is 0 Å². The predicted molar refractivity (Wildman–Crippen MR) is 80.0 cm³/mol. The number of hydrogen-bond acceptors (Lipinski definition) is 6. The van der Waals surface area contributed by atoms with Crippen molar-refractivity contribution >= 4 is 12.6 Å². The van der Waals surface area contributed by atoms with Crippen LogP contribution in [0.1, 0.15) is 0 Å². The first-order valence-corrected chi connectivity index (χ1v) is 6.45. The van der Waals surface area contributed by atoms with Gasteiger partial charge in [-0.15, -0.1) is 5.10 Å². The summed E-state index contributed by atoms with van der Waals surface area (Å²) in [5.41, 5.74) is 2.18. The van der Waals surface area contributed by atoms with E-state index in [1.165, 1.54) is 22.9 Å². The van der Waals surface area contributed by atoms with Gasteiger partial charge in [0.2, 0.25) is 0 Å². The van der Waals surface area contributed by atoms with Crippen LogP contribution in [0, 0.1) is 0 Å². The maximum Gasteiger partial charge on any atom is 0.488 e. The molecule has 7 nitrogen and oxygen atoms in total. The third-order valence-corrected chi connectivity index (χ3v) is 3.15. The van der Waals surface area contributed by atoms with Gasteiger partial charge in [-0.05, 0) is 5.46 Å². The summed E-state index contributed by atoms with van der Waals surface area (Å²) in [5, 5.41) is 45.1. The van der Waals surface area contributed by atoms with E-state index >= 15 is 0 Å². The Morgan fingerprint density at radius 2 is 1.55 bits per heavy atom. The summed E-state index contributed by atoms with van der Waals surface area (Å²) in [6.45, 7) is 0. The monoisotopic (exact) mass is 297 g/mol. The van der Waals surface area contributed by atoms with E-state index < -0.39 is 7.12 Å². The van der Waals surface area contributed by atoms with Crippen molar-refractivity contribution in [3.8, 4) is 28.4 Å². The number of hydrogen-bond donors (Lipinski definition) is 4. The highest BCUT2D eigenvalue weighted by molar-refractivity contribution is 6.58. The van der Waals surface area contributed by atoms with Crippen molar-refractivity contribution in [2.75, 3.05) is 0 Å². The molecule has 0 spiro atoms. The Kier molecular flexibility index (Phi) is 3.54. The van der Waals surface area contributed by atoms with Gasteiger partial charge in [0.15, 0.2) is 0 Å². The van der Waals surface area contributed by atoms with Crippen molar-refractivity contribution in [3.63, 3.8) is 0 Å². The van der Waals surface area contributed by atoms with Gasteiger partial charge in [-0.2, -0.15) is 0 Å². The largest absolute Gasteiger partial charge is 0.508 e. The smallest absolute Gasteiger partial charge is 0.488 e. The highest BCUT2D eigenvalue weighted by atomic mass is 16.4. The zero-order valence-corrected chi connectivity index (χ0v) is 11.3. The molecule has 0 fully saturated rings. The third kappa shape index (κ3) is 2.78. The number of rotatable bonds is 3. The van der Waals surface area contributed by atoms with Crippen molar-refractivity contribution < 1.29 is 20.3 Å². The van der Waals surface area contributed by atoms with E-state index in [1.807, 2.05) is 0 Å². The van der Waals surface area contributed by atoms with Crippen LogP contribution in [-0.2, 0) is 0 Å². The highest BCUT2D eigenvalue weighted by Crippen LogP contribution is 2.24. The molecule has 22 heavy (non-hydrogen) atoms. The quantitative estimate of drug-likeness (QED) is 0.507. The first-order valence-electron chi connectivity index (χ1n) is 6.45. The first-order chi connectivity index (χ1) is 10.5. The molecule has 0 radical (unpaired) electrons. The molecule has 0 aliphatic rings. The molecule has 0 aliphatic carbocycles. The summed E-state index contributed by atoms with van der Waals surface area (Å²) in [5.74, 6) is -0.151. The summed E-state index contributed by atoms with van der Waals surface area (Å²) >= 11 is 0. The summed E-state index contributed by atoms with van der Waals surface area (Å²) in [6, 6.07) is 10.7. The lowest BCUT2D eigenvalue weighted by molar-refractivity contribution is 0.425. The summed E-state index contributed by atoms with van der Waals surface area (Å²) in [6.07, 6.45) is 1.64. The molecule has 8 heteroatoms. The minimum atomic E-state index is -1.51. The molecule has 0 saturated heterocycles. The fraction of sp³-hybridized carbons (Fsp3) is 0. The molecule has 0 atom stereocenters. The number of aromatic hydroxyl groups is 2. The Hall–Kier alpha value is -2.84. The lowest BCUT2D eigenvalue weighted by atomic mass is 9.80. The fourth-order valence-electron chi connectivity index (χ4n) is 2.06. The Bertz CT molecular complexity index is 782. The normalized spacial score (nSPS) is 10.6. The molecule has 110 valence electrons. The van der Waals surface area contributed by atoms with Crippen LogP contribution in [0.3, 0.4) is 0 Å². The SMILES string of the molecule is OB(O)c1ccc(-c2cn(-c3cc(O)cc(O)c3)nn2)cc1. The summed E-state index contributed by atoms with van der Waals surface area (Å²) in [7, 11) is -1.51. The lowest BCUT2D eigenvalue weighted by Gasteiger charge is -2.02. The molecular formula is C14H12BN3O4. The lowest BCUT2D eigenvalue weighted by Crippen LogP contribution is -2.29. The number of benzene rings is 2. The molecule has 1 aromatic heterocycles. The molecule has 1 heterocycles. The second kappa shape index (κ2) is 5.51. The minimum absolute atomic E-state index is 0.0756. The van der Waals surface area contributed by atoms with Crippen LogP contribution >= 0.6 is 0 Å². The topological polar surface area (TPSA) is 112 Å². The van der Waals surface area contributed by atoms with E-state index in [0.29, 0.717) is 16.8 Å². The van der Waals surface area contributed by atoms with Gasteiger partial charge < -0.3 is 20.3 Å². The predicted octanol–water partition coefficient (Wildman–Crippen LogP) is 0.0253. The van der Waals surface area contributed by atoms with Gasteiger partial charge in [-0.3, -0.25) is 0 Å². The van der Waals surface area contributed by atoms with Gasteiger partial charge in [0.05, 0.1) is 11.9 Å². The van der Waals surface area contributed by atoms with E-state index in [1.54, 1.807) is 30.5 Å². The average Bonchev–Trinajstić information content (AvgIpc) is 2.96. The van der Waals surface area contributed by atoms with Crippen molar-refractivity contribution in [2.45, 2.75) is 0 Å². The molecule has 3 aromatic rings. The van der Waals surface area contributed by atoms with E-state index in [9.17, 15) is 10.2 Å². The number of aromatic nitrogens is 3. The van der Waals surface area contributed by atoms with Gasteiger partial charge in [0, 0.05) is 23.8 Å². The van der Waals surface area contributed by atoms with Gasteiger partial charge in [0.1, 0.15) is 17.2 Å². The standard InChI is InChI=1S/C14H12BN3O4/c19-12-5-11(6-13(20)7-12)18-8-14(16-17-18)9-1-3-10(4-2-9)15(21)22/h1-8,19-22H. The molecular weight excluding hydrogens is 285 g/mol. The zero-order chi connectivity index (χ0) is 15.7. The third-order valence-electron chi connectivity index (χ3n) is 3.15. The molecule has 0 saturated carbocycles. The van der Waals surface area contributed by atoms with Gasteiger partial charge in [-0.25, -0.2) is 4.68 Å². The first kappa shape index (κ1) is 14.1. The van der Waals surface area contributed by atoms with Crippen LogP contribution in [0.4, 0.5) is 0 Å². The molecule has 3 rings (SSSR count). The Labute approximate surface area is 125 Å². The van der Waals surface area contributed by atoms with Gasteiger partial charge in [-0.1, -0.05) is 29.5 Å². The highest BCUT2D eigenvalue weighted by Gasteiger charge is 2.12. The molecule has 2 aromatic carbocycles. The van der Waals surface area contributed by atoms with Crippen LogP contribution in [0.5, 0.6) is 11.5 Å². The van der Waals surface area contributed by atoms with E-state index in [2.05, 4.69) is 10.3 Å². The molecule has 0 amide bonds.